The molecule has 1 heterocycles. The zero-order valence-corrected chi connectivity index (χ0v) is 12.3. The standard InChI is InChI=1S/C13H22ClNOS/c1-3-5-6-11(4-2)8-16-9-13-15-12(7-14)10-17-13/h10-11H,3-9H2,1-2H3. The summed E-state index contributed by atoms with van der Waals surface area (Å²) in [5, 5.41) is 3.03. The second kappa shape index (κ2) is 8.90. The lowest BCUT2D eigenvalue weighted by molar-refractivity contribution is 0.0818. The van der Waals surface area contributed by atoms with Crippen LogP contribution in [0.2, 0.25) is 0 Å². The maximum atomic E-state index is 5.73. The Labute approximate surface area is 113 Å². The van der Waals surface area contributed by atoms with E-state index in [-0.39, 0.29) is 0 Å². The van der Waals surface area contributed by atoms with Gasteiger partial charge in [-0.25, -0.2) is 4.98 Å². The second-order valence-electron chi connectivity index (χ2n) is 4.30. The number of halogens is 1. The monoisotopic (exact) mass is 275 g/mol. The van der Waals surface area contributed by atoms with Crippen molar-refractivity contribution in [1.29, 1.82) is 0 Å². The van der Waals surface area contributed by atoms with Gasteiger partial charge in [0.05, 0.1) is 18.2 Å². The van der Waals surface area contributed by atoms with Crippen molar-refractivity contribution in [2.24, 2.45) is 5.92 Å². The van der Waals surface area contributed by atoms with Gasteiger partial charge >= 0.3 is 0 Å². The Balaban J connectivity index is 2.21. The Morgan fingerprint density at radius 3 is 2.88 bits per heavy atom. The minimum atomic E-state index is 0.491. The van der Waals surface area contributed by atoms with Crippen molar-refractivity contribution in [3.63, 3.8) is 0 Å². The number of hydrogen-bond acceptors (Lipinski definition) is 3. The first kappa shape index (κ1) is 14.9. The molecule has 1 aromatic rings. The Kier molecular flexibility index (Phi) is 7.82. The smallest absolute Gasteiger partial charge is 0.119 e. The summed E-state index contributed by atoms with van der Waals surface area (Å²) in [6.45, 7) is 5.95. The molecule has 0 saturated heterocycles. The molecule has 0 aromatic carbocycles. The molecule has 0 spiro atoms. The normalized spacial score (nSPS) is 12.9. The SMILES string of the molecule is CCCCC(CC)COCc1nc(CCl)cs1. The number of thiazole rings is 1. The number of aromatic nitrogens is 1. The molecule has 0 N–H and O–H groups in total. The number of ether oxygens (including phenoxy) is 1. The maximum Gasteiger partial charge on any atom is 0.119 e. The molecule has 0 aliphatic carbocycles. The third-order valence-electron chi connectivity index (χ3n) is 2.86. The molecular formula is C13H22ClNOS. The summed E-state index contributed by atoms with van der Waals surface area (Å²) in [7, 11) is 0. The summed E-state index contributed by atoms with van der Waals surface area (Å²) in [5.74, 6) is 1.19. The van der Waals surface area contributed by atoms with E-state index < -0.39 is 0 Å². The van der Waals surface area contributed by atoms with E-state index >= 15 is 0 Å². The molecule has 1 rings (SSSR count). The van der Waals surface area contributed by atoms with Crippen molar-refractivity contribution in [2.45, 2.75) is 52.0 Å². The molecule has 0 radical (unpaired) electrons. The number of alkyl halides is 1. The highest BCUT2D eigenvalue weighted by molar-refractivity contribution is 7.09. The van der Waals surface area contributed by atoms with Crippen molar-refractivity contribution in [1.82, 2.24) is 4.98 Å². The number of nitrogens with zero attached hydrogens (tertiary/aromatic N) is 1. The Morgan fingerprint density at radius 1 is 1.47 bits per heavy atom. The molecule has 0 saturated carbocycles. The molecule has 0 amide bonds. The lowest BCUT2D eigenvalue weighted by Crippen LogP contribution is -2.08. The van der Waals surface area contributed by atoms with Gasteiger partial charge in [0.2, 0.25) is 0 Å². The molecule has 1 unspecified atom stereocenters. The van der Waals surface area contributed by atoms with Crippen LogP contribution in [0, 0.1) is 5.92 Å². The van der Waals surface area contributed by atoms with Crippen molar-refractivity contribution in [3.05, 3.63) is 16.1 Å². The highest BCUT2D eigenvalue weighted by Gasteiger charge is 2.07. The number of unbranched alkanes of at least 4 members (excludes halogenated alkanes) is 1. The van der Waals surface area contributed by atoms with E-state index in [0.29, 0.717) is 18.4 Å². The van der Waals surface area contributed by atoms with Gasteiger partial charge in [0.15, 0.2) is 0 Å². The third-order valence-corrected chi connectivity index (χ3v) is 4.00. The van der Waals surface area contributed by atoms with E-state index in [2.05, 4.69) is 18.8 Å². The van der Waals surface area contributed by atoms with Crippen LogP contribution in [0.4, 0.5) is 0 Å². The van der Waals surface area contributed by atoms with Crippen LogP contribution in [0.15, 0.2) is 5.38 Å². The summed E-state index contributed by atoms with van der Waals surface area (Å²) in [6, 6.07) is 0. The zero-order chi connectivity index (χ0) is 12.5. The quantitative estimate of drug-likeness (QED) is 0.614. The van der Waals surface area contributed by atoms with Crippen LogP contribution in [0.3, 0.4) is 0 Å². The van der Waals surface area contributed by atoms with Crippen LogP contribution in [-0.2, 0) is 17.2 Å². The topological polar surface area (TPSA) is 22.1 Å². The average molecular weight is 276 g/mol. The minimum absolute atomic E-state index is 0.491. The summed E-state index contributed by atoms with van der Waals surface area (Å²) >= 11 is 7.34. The van der Waals surface area contributed by atoms with Gasteiger partial charge in [0.1, 0.15) is 5.01 Å². The van der Waals surface area contributed by atoms with E-state index in [4.69, 9.17) is 16.3 Å². The molecule has 1 aromatic heterocycles. The van der Waals surface area contributed by atoms with Crippen molar-refractivity contribution in [2.75, 3.05) is 6.61 Å². The van der Waals surface area contributed by atoms with Crippen LogP contribution in [0.5, 0.6) is 0 Å². The summed E-state index contributed by atoms with van der Waals surface area (Å²) in [4.78, 5) is 4.38. The fourth-order valence-electron chi connectivity index (χ4n) is 1.69. The maximum absolute atomic E-state index is 5.73. The predicted octanol–water partition coefficient (Wildman–Crippen LogP) is 4.61. The number of rotatable bonds is 9. The first-order valence-corrected chi connectivity index (χ1v) is 7.78. The minimum Gasteiger partial charge on any atom is -0.374 e. The van der Waals surface area contributed by atoms with Gasteiger partial charge in [-0.05, 0) is 12.3 Å². The largest absolute Gasteiger partial charge is 0.374 e. The molecule has 2 nitrogen and oxygen atoms in total. The molecule has 0 bridgehead atoms. The Hall–Kier alpha value is -0.120. The van der Waals surface area contributed by atoms with E-state index in [1.165, 1.54) is 25.7 Å². The van der Waals surface area contributed by atoms with Gasteiger partial charge in [-0.3, -0.25) is 0 Å². The van der Waals surface area contributed by atoms with Crippen molar-refractivity contribution < 1.29 is 4.74 Å². The molecule has 17 heavy (non-hydrogen) atoms. The van der Waals surface area contributed by atoms with Crippen molar-refractivity contribution >= 4 is 22.9 Å². The van der Waals surface area contributed by atoms with E-state index in [0.717, 1.165) is 17.3 Å². The van der Waals surface area contributed by atoms with Gasteiger partial charge in [-0.2, -0.15) is 0 Å². The van der Waals surface area contributed by atoms with Gasteiger partial charge in [-0.15, -0.1) is 22.9 Å². The van der Waals surface area contributed by atoms with Crippen molar-refractivity contribution in [3.8, 4) is 0 Å². The van der Waals surface area contributed by atoms with E-state index in [1.54, 1.807) is 11.3 Å². The Morgan fingerprint density at radius 2 is 2.29 bits per heavy atom. The fourth-order valence-corrected chi connectivity index (χ4v) is 2.65. The Bertz CT molecular complexity index is 303. The third kappa shape index (κ3) is 5.84. The zero-order valence-electron chi connectivity index (χ0n) is 10.7. The first-order chi connectivity index (χ1) is 8.30. The van der Waals surface area contributed by atoms with Gasteiger partial charge in [0, 0.05) is 12.0 Å². The summed E-state index contributed by atoms with van der Waals surface area (Å²) < 4.78 is 5.73. The van der Waals surface area contributed by atoms with E-state index in [9.17, 15) is 0 Å². The lowest BCUT2D eigenvalue weighted by Gasteiger charge is -2.13. The van der Waals surface area contributed by atoms with Gasteiger partial charge in [0.25, 0.3) is 0 Å². The molecule has 4 heteroatoms. The van der Waals surface area contributed by atoms with Crippen LogP contribution >= 0.6 is 22.9 Å². The van der Waals surface area contributed by atoms with Crippen LogP contribution in [0.1, 0.15) is 50.2 Å². The highest BCUT2D eigenvalue weighted by Crippen LogP contribution is 2.16. The van der Waals surface area contributed by atoms with Gasteiger partial charge in [-0.1, -0.05) is 33.1 Å². The lowest BCUT2D eigenvalue weighted by atomic mass is 10.0. The molecule has 0 aliphatic rings. The van der Waals surface area contributed by atoms with Crippen LogP contribution < -0.4 is 0 Å². The fraction of sp³-hybridized carbons (Fsp3) is 0.769. The van der Waals surface area contributed by atoms with Gasteiger partial charge < -0.3 is 4.74 Å². The molecule has 98 valence electrons. The van der Waals surface area contributed by atoms with Crippen LogP contribution in [-0.4, -0.2) is 11.6 Å². The summed E-state index contributed by atoms with van der Waals surface area (Å²) in [5.41, 5.74) is 0.952. The molecule has 1 atom stereocenters. The molecule has 0 aliphatic heterocycles. The van der Waals surface area contributed by atoms with Crippen LogP contribution in [0.25, 0.3) is 0 Å². The molecular weight excluding hydrogens is 254 g/mol. The van der Waals surface area contributed by atoms with E-state index in [1.807, 2.05) is 5.38 Å². The predicted molar refractivity (Wildman–Crippen MR) is 74.6 cm³/mol. The molecule has 0 fully saturated rings. The first-order valence-electron chi connectivity index (χ1n) is 6.37. The number of hydrogen-bond donors (Lipinski definition) is 0. The average Bonchev–Trinajstić information content (AvgIpc) is 2.81. The highest BCUT2D eigenvalue weighted by atomic mass is 35.5. The summed E-state index contributed by atoms with van der Waals surface area (Å²) in [6.07, 6.45) is 5.04. The second-order valence-corrected chi connectivity index (χ2v) is 5.51.